The molecular formula is C31H38N4O5. The van der Waals surface area contributed by atoms with Crippen LogP contribution in [0.25, 0.3) is 5.57 Å². The van der Waals surface area contributed by atoms with Crippen molar-refractivity contribution in [2.75, 3.05) is 36.8 Å². The SMILES string of the molecule is CC(C)(C)OC(=O)N1CCC(=O)CC1.O=C1Cc2ccccc2N1.O=C1Nc2ccccc2C1=C1CCNCC1. The summed E-state index contributed by atoms with van der Waals surface area (Å²) in [6, 6.07) is 15.7. The Balaban J connectivity index is 0.000000142. The molecule has 4 aliphatic heterocycles. The fourth-order valence-corrected chi connectivity index (χ4v) is 4.88. The number of nitrogens with one attached hydrogen (secondary N) is 3. The second-order valence-corrected chi connectivity index (χ2v) is 11.1. The number of Topliss-reactive ketones (excluding diaryl/α,β-unsaturated/α-hetero) is 1. The van der Waals surface area contributed by atoms with Crippen LogP contribution in [0.3, 0.4) is 0 Å². The van der Waals surface area contributed by atoms with Gasteiger partial charge in [-0.2, -0.15) is 0 Å². The van der Waals surface area contributed by atoms with Crippen molar-refractivity contribution in [2.24, 2.45) is 0 Å². The molecule has 2 fully saturated rings. The van der Waals surface area contributed by atoms with Gasteiger partial charge in [0, 0.05) is 48.4 Å². The molecule has 0 atom stereocenters. The number of benzene rings is 2. The average Bonchev–Trinajstić information content (AvgIpc) is 3.47. The number of nitrogens with zero attached hydrogens (tertiary/aromatic N) is 1. The van der Waals surface area contributed by atoms with Crippen LogP contribution in [0, 0.1) is 0 Å². The molecule has 40 heavy (non-hydrogen) atoms. The van der Waals surface area contributed by atoms with Crippen molar-refractivity contribution in [1.29, 1.82) is 0 Å². The molecule has 0 saturated carbocycles. The summed E-state index contributed by atoms with van der Waals surface area (Å²) in [6.45, 7) is 8.45. The third kappa shape index (κ3) is 7.79. The van der Waals surface area contributed by atoms with Crippen molar-refractivity contribution in [3.05, 3.63) is 65.2 Å². The van der Waals surface area contributed by atoms with E-state index in [-0.39, 0.29) is 23.7 Å². The first-order chi connectivity index (χ1) is 19.1. The van der Waals surface area contributed by atoms with Gasteiger partial charge in [0.25, 0.3) is 5.91 Å². The second kappa shape index (κ2) is 12.9. The van der Waals surface area contributed by atoms with Gasteiger partial charge in [-0.1, -0.05) is 42.0 Å². The summed E-state index contributed by atoms with van der Waals surface area (Å²) in [5, 5.41) is 9.00. The Labute approximate surface area is 235 Å². The van der Waals surface area contributed by atoms with Crippen molar-refractivity contribution >= 4 is 40.6 Å². The van der Waals surface area contributed by atoms with Crippen LogP contribution < -0.4 is 16.0 Å². The van der Waals surface area contributed by atoms with Crippen LogP contribution in [0.15, 0.2) is 54.1 Å². The lowest BCUT2D eigenvalue weighted by molar-refractivity contribution is -0.121. The fourth-order valence-electron chi connectivity index (χ4n) is 4.88. The van der Waals surface area contributed by atoms with Gasteiger partial charge >= 0.3 is 6.09 Å². The number of amides is 3. The van der Waals surface area contributed by atoms with Gasteiger partial charge in [-0.3, -0.25) is 14.4 Å². The van der Waals surface area contributed by atoms with E-state index < -0.39 is 5.60 Å². The van der Waals surface area contributed by atoms with Gasteiger partial charge in [0.2, 0.25) is 5.91 Å². The van der Waals surface area contributed by atoms with E-state index in [1.165, 1.54) is 5.57 Å². The predicted octanol–water partition coefficient (Wildman–Crippen LogP) is 4.54. The molecule has 0 spiro atoms. The standard InChI is InChI=1S/C13H14N2O.C10H17NO3.C8H7NO/c16-13-12(9-5-7-14-8-6-9)10-3-1-2-4-11(10)15-13;1-10(2,3)14-9(13)11-6-4-8(12)5-7-11;10-8-5-6-3-1-2-4-7(6)9-8/h1-4,14H,5-8H2,(H,15,16);4-7H2,1-3H3;1-4H,5H2,(H,9,10). The Hall–Kier alpha value is -3.98. The molecular weight excluding hydrogens is 508 g/mol. The molecule has 0 unspecified atom stereocenters. The highest BCUT2D eigenvalue weighted by Gasteiger charge is 2.27. The summed E-state index contributed by atoms with van der Waals surface area (Å²) in [7, 11) is 0. The molecule has 3 amide bonds. The van der Waals surface area contributed by atoms with Crippen molar-refractivity contribution < 1.29 is 23.9 Å². The van der Waals surface area contributed by atoms with E-state index in [1.54, 1.807) is 4.90 Å². The number of hydrogen-bond donors (Lipinski definition) is 3. The zero-order valence-corrected chi connectivity index (χ0v) is 23.5. The van der Waals surface area contributed by atoms with Crippen LogP contribution in [0.2, 0.25) is 0 Å². The maximum atomic E-state index is 11.9. The third-order valence-corrected chi connectivity index (χ3v) is 6.85. The van der Waals surface area contributed by atoms with Gasteiger partial charge < -0.3 is 25.6 Å². The lowest BCUT2D eigenvalue weighted by Gasteiger charge is -2.29. The summed E-state index contributed by atoms with van der Waals surface area (Å²) >= 11 is 0. The molecule has 2 aromatic carbocycles. The highest BCUT2D eigenvalue weighted by atomic mass is 16.6. The van der Waals surface area contributed by atoms with E-state index in [0.29, 0.717) is 32.4 Å². The summed E-state index contributed by atoms with van der Waals surface area (Å²) < 4.78 is 5.19. The molecule has 6 rings (SSSR count). The number of anilines is 2. The lowest BCUT2D eigenvalue weighted by atomic mass is 9.95. The summed E-state index contributed by atoms with van der Waals surface area (Å²) in [4.78, 5) is 46.8. The first kappa shape index (κ1) is 29.0. The minimum atomic E-state index is -0.460. The number of likely N-dealkylation sites (tertiary alicyclic amines) is 1. The van der Waals surface area contributed by atoms with E-state index in [0.717, 1.165) is 54.0 Å². The average molecular weight is 547 g/mol. The van der Waals surface area contributed by atoms with Crippen molar-refractivity contribution in [3.63, 3.8) is 0 Å². The summed E-state index contributed by atoms with van der Waals surface area (Å²) in [5.74, 6) is 0.393. The van der Waals surface area contributed by atoms with E-state index in [2.05, 4.69) is 16.0 Å². The van der Waals surface area contributed by atoms with Crippen LogP contribution >= 0.6 is 0 Å². The van der Waals surface area contributed by atoms with E-state index >= 15 is 0 Å². The van der Waals surface area contributed by atoms with Crippen LogP contribution in [0.5, 0.6) is 0 Å². The summed E-state index contributed by atoms with van der Waals surface area (Å²) in [5.41, 5.74) is 5.84. The molecule has 2 saturated heterocycles. The number of carbonyl (C=O) groups is 4. The number of fused-ring (bicyclic) bond motifs is 2. The van der Waals surface area contributed by atoms with Gasteiger partial charge in [0.05, 0.1) is 6.42 Å². The van der Waals surface area contributed by atoms with Crippen LogP contribution in [-0.4, -0.2) is 60.4 Å². The van der Waals surface area contributed by atoms with Crippen LogP contribution in [0.4, 0.5) is 16.2 Å². The number of carbonyl (C=O) groups excluding carboxylic acids is 4. The summed E-state index contributed by atoms with van der Waals surface area (Å²) in [6.07, 6.45) is 3.10. The minimum Gasteiger partial charge on any atom is -0.444 e. The number of rotatable bonds is 0. The zero-order chi connectivity index (χ0) is 28.7. The lowest BCUT2D eigenvalue weighted by Crippen LogP contribution is -2.41. The molecule has 0 aliphatic carbocycles. The Kier molecular flexibility index (Phi) is 9.37. The molecule has 3 N–H and O–H groups in total. The molecule has 2 aromatic rings. The number of piperidine rings is 2. The normalized spacial score (nSPS) is 17.9. The Morgan fingerprint density at radius 1 is 0.825 bits per heavy atom. The smallest absolute Gasteiger partial charge is 0.410 e. The Bertz CT molecular complexity index is 1270. The minimum absolute atomic E-state index is 0.0677. The van der Waals surface area contributed by atoms with E-state index in [1.807, 2.05) is 69.3 Å². The maximum Gasteiger partial charge on any atom is 0.410 e. The quantitative estimate of drug-likeness (QED) is 0.418. The molecule has 0 bridgehead atoms. The third-order valence-electron chi connectivity index (χ3n) is 6.85. The fraction of sp³-hybridized carbons (Fsp3) is 0.419. The highest BCUT2D eigenvalue weighted by Crippen LogP contribution is 2.35. The first-order valence-corrected chi connectivity index (χ1v) is 13.8. The van der Waals surface area contributed by atoms with Gasteiger partial charge in [-0.25, -0.2) is 4.79 Å². The molecule has 4 heterocycles. The van der Waals surface area contributed by atoms with Gasteiger partial charge in [-0.05, 0) is 64.4 Å². The van der Waals surface area contributed by atoms with Gasteiger partial charge in [-0.15, -0.1) is 0 Å². The van der Waals surface area contributed by atoms with Gasteiger partial charge in [0.1, 0.15) is 11.4 Å². The highest BCUT2D eigenvalue weighted by molar-refractivity contribution is 6.32. The number of ketones is 1. The van der Waals surface area contributed by atoms with E-state index in [4.69, 9.17) is 4.74 Å². The number of para-hydroxylation sites is 2. The topological polar surface area (TPSA) is 117 Å². The van der Waals surface area contributed by atoms with Crippen LogP contribution in [0.1, 0.15) is 57.6 Å². The Morgan fingerprint density at radius 2 is 1.45 bits per heavy atom. The van der Waals surface area contributed by atoms with Gasteiger partial charge in [0.15, 0.2) is 0 Å². The largest absolute Gasteiger partial charge is 0.444 e. The van der Waals surface area contributed by atoms with E-state index in [9.17, 15) is 19.2 Å². The predicted molar refractivity (Wildman–Crippen MR) is 155 cm³/mol. The molecule has 0 radical (unpaired) electrons. The zero-order valence-electron chi connectivity index (χ0n) is 23.5. The molecule has 0 aromatic heterocycles. The first-order valence-electron chi connectivity index (χ1n) is 13.8. The Morgan fingerprint density at radius 3 is 2.10 bits per heavy atom. The van der Waals surface area contributed by atoms with Crippen molar-refractivity contribution in [3.8, 4) is 0 Å². The molecule has 212 valence electrons. The van der Waals surface area contributed by atoms with Crippen molar-refractivity contribution in [2.45, 2.75) is 58.5 Å². The number of ether oxygens (including phenoxy) is 1. The second-order valence-electron chi connectivity index (χ2n) is 11.1. The molecule has 9 nitrogen and oxygen atoms in total. The molecule has 9 heteroatoms. The van der Waals surface area contributed by atoms with Crippen molar-refractivity contribution in [1.82, 2.24) is 10.2 Å². The monoisotopic (exact) mass is 546 g/mol. The van der Waals surface area contributed by atoms with Crippen LogP contribution in [-0.2, 0) is 25.5 Å². The number of hydrogen-bond acceptors (Lipinski definition) is 6. The molecule has 4 aliphatic rings. The maximum absolute atomic E-state index is 11.9.